The van der Waals surface area contributed by atoms with E-state index < -0.39 is 0 Å². The molecule has 0 unspecified atom stereocenters. The van der Waals surface area contributed by atoms with Crippen LogP contribution in [0.5, 0.6) is 0 Å². The van der Waals surface area contributed by atoms with Crippen molar-refractivity contribution in [1.29, 1.82) is 0 Å². The van der Waals surface area contributed by atoms with Gasteiger partial charge in [-0.3, -0.25) is 0 Å². The highest BCUT2D eigenvalue weighted by Gasteiger charge is 2.48. The lowest BCUT2D eigenvalue weighted by Crippen LogP contribution is -2.07. The van der Waals surface area contributed by atoms with Crippen LogP contribution < -0.4 is 0 Å². The molecule has 0 bridgehead atoms. The number of aromatic nitrogens is 1. The van der Waals surface area contributed by atoms with Crippen LogP contribution in [0.25, 0.3) is 0 Å². The number of nitrogens with zero attached hydrogens (tertiary/aromatic N) is 1. The Bertz CT molecular complexity index is 468. The Morgan fingerprint density at radius 1 is 1.20 bits per heavy atom. The van der Waals surface area contributed by atoms with Gasteiger partial charge in [0.15, 0.2) is 0 Å². The molecule has 1 heterocycles. The molecule has 0 amide bonds. The van der Waals surface area contributed by atoms with E-state index in [0.717, 1.165) is 5.69 Å². The summed E-state index contributed by atoms with van der Waals surface area (Å²) in [6.07, 6.45) is 2.51. The Balaban J connectivity index is 2.05. The standard InChI is InChI=1S/C13H13NS/c1-10-9-15-12(14-10)13(7-8-13)11-5-3-2-4-6-11/h2-6,9H,7-8H2,1H3. The second-order valence-corrected chi connectivity index (χ2v) is 5.10. The molecule has 0 saturated heterocycles. The van der Waals surface area contributed by atoms with E-state index in [1.165, 1.54) is 23.4 Å². The van der Waals surface area contributed by atoms with Crippen LogP contribution in [0.4, 0.5) is 0 Å². The predicted octanol–water partition coefficient (Wildman–Crippen LogP) is 3.53. The average molecular weight is 215 g/mol. The Kier molecular flexibility index (Phi) is 1.93. The summed E-state index contributed by atoms with van der Waals surface area (Å²) >= 11 is 1.80. The first-order chi connectivity index (χ1) is 7.31. The van der Waals surface area contributed by atoms with E-state index in [9.17, 15) is 0 Å². The van der Waals surface area contributed by atoms with Crippen LogP contribution in [0.15, 0.2) is 35.7 Å². The Morgan fingerprint density at radius 2 is 1.93 bits per heavy atom. The lowest BCUT2D eigenvalue weighted by atomic mass is 9.97. The highest BCUT2D eigenvalue weighted by atomic mass is 32.1. The van der Waals surface area contributed by atoms with Gasteiger partial charge in [-0.2, -0.15) is 0 Å². The molecular weight excluding hydrogens is 202 g/mol. The fourth-order valence-corrected chi connectivity index (χ4v) is 3.16. The van der Waals surface area contributed by atoms with Gasteiger partial charge in [-0.05, 0) is 25.3 Å². The van der Waals surface area contributed by atoms with Gasteiger partial charge in [-0.25, -0.2) is 4.98 Å². The van der Waals surface area contributed by atoms with E-state index in [0.29, 0.717) is 0 Å². The van der Waals surface area contributed by atoms with Crippen LogP contribution >= 0.6 is 11.3 Å². The summed E-state index contributed by atoms with van der Waals surface area (Å²) in [5.41, 5.74) is 2.84. The van der Waals surface area contributed by atoms with Crippen molar-refractivity contribution in [3.05, 3.63) is 52.0 Å². The molecule has 1 saturated carbocycles. The first-order valence-corrected chi connectivity index (χ1v) is 6.17. The molecule has 0 atom stereocenters. The Hall–Kier alpha value is -1.15. The molecule has 76 valence electrons. The molecule has 1 fully saturated rings. The van der Waals surface area contributed by atoms with Gasteiger partial charge in [0.1, 0.15) is 5.01 Å². The zero-order valence-electron chi connectivity index (χ0n) is 8.73. The van der Waals surface area contributed by atoms with Gasteiger partial charge < -0.3 is 0 Å². The molecule has 0 radical (unpaired) electrons. The molecule has 2 heteroatoms. The number of benzene rings is 1. The largest absolute Gasteiger partial charge is 0.246 e. The molecule has 1 aliphatic carbocycles. The summed E-state index contributed by atoms with van der Waals surface area (Å²) in [7, 11) is 0. The minimum Gasteiger partial charge on any atom is -0.246 e. The number of rotatable bonds is 2. The molecule has 1 nitrogen and oxygen atoms in total. The molecular formula is C13H13NS. The molecule has 1 aromatic carbocycles. The smallest absolute Gasteiger partial charge is 0.103 e. The van der Waals surface area contributed by atoms with Crippen molar-refractivity contribution >= 4 is 11.3 Å². The second kappa shape index (κ2) is 3.17. The van der Waals surface area contributed by atoms with E-state index >= 15 is 0 Å². The van der Waals surface area contributed by atoms with E-state index in [4.69, 9.17) is 0 Å². The fraction of sp³-hybridized carbons (Fsp3) is 0.308. The van der Waals surface area contributed by atoms with Gasteiger partial charge in [0.05, 0.1) is 0 Å². The third kappa shape index (κ3) is 1.40. The number of aryl methyl sites for hydroxylation is 1. The lowest BCUT2D eigenvalue weighted by Gasteiger charge is -2.11. The maximum absolute atomic E-state index is 4.64. The van der Waals surface area contributed by atoms with Gasteiger partial charge in [0.2, 0.25) is 0 Å². The molecule has 0 aliphatic heterocycles. The van der Waals surface area contributed by atoms with Gasteiger partial charge in [-0.1, -0.05) is 30.3 Å². The third-order valence-electron chi connectivity index (χ3n) is 3.10. The SMILES string of the molecule is Cc1csc(C2(c3ccccc3)CC2)n1. The lowest BCUT2D eigenvalue weighted by molar-refractivity contribution is 0.828. The highest BCUT2D eigenvalue weighted by Crippen LogP contribution is 2.54. The van der Waals surface area contributed by atoms with Crippen molar-refractivity contribution in [2.45, 2.75) is 25.2 Å². The molecule has 0 spiro atoms. The summed E-state index contributed by atoms with van der Waals surface area (Å²) in [4.78, 5) is 4.64. The van der Waals surface area contributed by atoms with Gasteiger partial charge in [0, 0.05) is 16.5 Å². The highest BCUT2D eigenvalue weighted by molar-refractivity contribution is 7.09. The molecule has 3 rings (SSSR count). The van der Waals surface area contributed by atoms with Gasteiger partial charge >= 0.3 is 0 Å². The topological polar surface area (TPSA) is 12.9 Å². The Labute approximate surface area is 93.8 Å². The monoisotopic (exact) mass is 215 g/mol. The maximum atomic E-state index is 4.64. The van der Waals surface area contributed by atoms with E-state index in [1.807, 2.05) is 0 Å². The minimum absolute atomic E-state index is 0.264. The van der Waals surface area contributed by atoms with Crippen molar-refractivity contribution in [3.63, 3.8) is 0 Å². The van der Waals surface area contributed by atoms with Crippen LogP contribution in [0.1, 0.15) is 29.1 Å². The van der Waals surface area contributed by atoms with Gasteiger partial charge in [0.25, 0.3) is 0 Å². The minimum atomic E-state index is 0.264. The van der Waals surface area contributed by atoms with Crippen LogP contribution in [0, 0.1) is 6.92 Å². The normalized spacial score (nSPS) is 17.7. The maximum Gasteiger partial charge on any atom is 0.103 e. The molecule has 2 aromatic rings. The number of thiazole rings is 1. The predicted molar refractivity (Wildman–Crippen MR) is 63.3 cm³/mol. The molecule has 0 N–H and O–H groups in total. The van der Waals surface area contributed by atoms with Crippen LogP contribution in [-0.2, 0) is 5.41 Å². The zero-order valence-corrected chi connectivity index (χ0v) is 9.55. The van der Waals surface area contributed by atoms with Crippen LogP contribution in [0.3, 0.4) is 0 Å². The van der Waals surface area contributed by atoms with Crippen molar-refractivity contribution in [3.8, 4) is 0 Å². The van der Waals surface area contributed by atoms with Crippen molar-refractivity contribution in [2.24, 2.45) is 0 Å². The van der Waals surface area contributed by atoms with Crippen molar-refractivity contribution in [2.75, 3.05) is 0 Å². The van der Waals surface area contributed by atoms with E-state index in [-0.39, 0.29) is 5.41 Å². The van der Waals surface area contributed by atoms with Crippen molar-refractivity contribution < 1.29 is 0 Å². The summed E-state index contributed by atoms with van der Waals surface area (Å²) in [5.74, 6) is 0. The summed E-state index contributed by atoms with van der Waals surface area (Å²) in [6, 6.07) is 10.8. The first kappa shape index (κ1) is 9.10. The fourth-order valence-electron chi connectivity index (χ4n) is 2.08. The molecule has 1 aromatic heterocycles. The average Bonchev–Trinajstić information content (AvgIpc) is 2.98. The van der Waals surface area contributed by atoms with E-state index in [1.54, 1.807) is 11.3 Å². The second-order valence-electron chi connectivity index (χ2n) is 4.24. The van der Waals surface area contributed by atoms with E-state index in [2.05, 4.69) is 47.6 Å². The molecule has 1 aliphatic rings. The summed E-state index contributed by atoms with van der Waals surface area (Å²) < 4.78 is 0. The number of hydrogen-bond acceptors (Lipinski definition) is 2. The van der Waals surface area contributed by atoms with Crippen LogP contribution in [-0.4, -0.2) is 4.98 Å². The summed E-state index contributed by atoms with van der Waals surface area (Å²) in [5, 5.41) is 3.45. The Morgan fingerprint density at radius 3 is 2.47 bits per heavy atom. The van der Waals surface area contributed by atoms with Crippen molar-refractivity contribution in [1.82, 2.24) is 4.98 Å². The first-order valence-electron chi connectivity index (χ1n) is 5.29. The molecule has 15 heavy (non-hydrogen) atoms. The third-order valence-corrected chi connectivity index (χ3v) is 4.27. The quantitative estimate of drug-likeness (QED) is 0.746. The number of hydrogen-bond donors (Lipinski definition) is 0. The van der Waals surface area contributed by atoms with Crippen LogP contribution in [0.2, 0.25) is 0 Å². The zero-order chi connectivity index (χ0) is 10.3. The van der Waals surface area contributed by atoms with Gasteiger partial charge in [-0.15, -0.1) is 11.3 Å². The summed E-state index contributed by atoms with van der Waals surface area (Å²) in [6.45, 7) is 2.07.